The summed E-state index contributed by atoms with van der Waals surface area (Å²) in [4.78, 5) is 38.2. The maximum absolute atomic E-state index is 12.9. The van der Waals surface area contributed by atoms with Crippen LogP contribution in [0.2, 0.25) is 0 Å². The lowest BCUT2D eigenvalue weighted by molar-refractivity contribution is -0.166. The average Bonchev–Trinajstić information content (AvgIpc) is 3.38. The van der Waals surface area contributed by atoms with Gasteiger partial charge in [-0.3, -0.25) is 14.4 Å². The van der Waals surface area contributed by atoms with Crippen LogP contribution in [0.25, 0.3) is 0 Å². The van der Waals surface area contributed by atoms with Gasteiger partial charge in [0.15, 0.2) is 6.10 Å². The summed E-state index contributed by atoms with van der Waals surface area (Å²) >= 11 is 0. The molecule has 0 aromatic heterocycles. The van der Waals surface area contributed by atoms with Gasteiger partial charge in [0, 0.05) is 19.3 Å². The Balaban J connectivity index is 4.51. The van der Waals surface area contributed by atoms with Gasteiger partial charge in [-0.15, -0.1) is 0 Å². The zero-order valence-corrected chi connectivity index (χ0v) is 46.7. The van der Waals surface area contributed by atoms with Crippen molar-refractivity contribution in [3.8, 4) is 0 Å². The molecule has 0 heterocycles. The Morgan fingerprint density at radius 1 is 0.292 bits per heavy atom. The maximum Gasteiger partial charge on any atom is 0.306 e. The number of carbonyl (C=O) groups is 3. The topological polar surface area (TPSA) is 78.9 Å². The molecule has 0 saturated carbocycles. The van der Waals surface area contributed by atoms with Gasteiger partial charge < -0.3 is 14.2 Å². The number of ether oxygens (including phenoxy) is 3. The summed E-state index contributed by atoms with van der Waals surface area (Å²) in [5, 5.41) is 0. The summed E-state index contributed by atoms with van der Waals surface area (Å²) < 4.78 is 16.8. The summed E-state index contributed by atoms with van der Waals surface area (Å²) in [5.41, 5.74) is 0. The molecule has 0 saturated heterocycles. The summed E-state index contributed by atoms with van der Waals surface area (Å²) in [6.45, 7) is 6.34. The molecule has 408 valence electrons. The minimum atomic E-state index is -0.821. The third-order valence-corrected chi connectivity index (χ3v) is 12.2. The van der Waals surface area contributed by atoms with E-state index in [1.54, 1.807) is 0 Å². The van der Waals surface area contributed by atoms with Crippen molar-refractivity contribution in [2.24, 2.45) is 0 Å². The smallest absolute Gasteiger partial charge is 0.306 e. The quantitative estimate of drug-likeness (QED) is 0.0261. The Kier molecular flexibility index (Phi) is 55.9. The summed E-state index contributed by atoms with van der Waals surface area (Å²) in [6, 6.07) is 0. The minimum Gasteiger partial charge on any atom is -0.462 e. The predicted octanol–water partition coefficient (Wildman–Crippen LogP) is 20.0. The van der Waals surface area contributed by atoms with E-state index < -0.39 is 6.10 Å². The number of allylic oxidation sites excluding steroid dienone is 20. The summed E-state index contributed by atoms with van der Waals surface area (Å²) in [5.74, 6) is -1.02. The molecule has 6 heteroatoms. The molecule has 0 aliphatic rings. The molecular formula is C66H108O6. The lowest BCUT2D eigenvalue weighted by Gasteiger charge is -2.18. The van der Waals surface area contributed by atoms with Crippen LogP contribution in [0.4, 0.5) is 0 Å². The largest absolute Gasteiger partial charge is 0.462 e. The Morgan fingerprint density at radius 2 is 0.569 bits per heavy atom. The molecule has 0 amide bonds. The van der Waals surface area contributed by atoms with Crippen molar-refractivity contribution < 1.29 is 28.6 Å². The van der Waals surface area contributed by atoms with Crippen LogP contribution in [0.1, 0.15) is 258 Å². The number of unbranched alkanes of at least 4 members (excludes halogenated alkanes) is 21. The third-order valence-electron chi connectivity index (χ3n) is 12.2. The standard InChI is InChI=1S/C66H108O6/c1-4-7-10-13-16-19-22-25-28-31-33-35-38-41-44-47-50-53-56-59-65(68)71-62-63(61-70-64(67)58-55-52-49-46-43-40-37-30-27-24-21-18-15-12-9-6-3)72-66(69)60-57-54-51-48-45-42-39-36-34-32-29-26-23-20-17-14-11-8-5-2/h7,9-10,12,16,18-19,21,25,27-28,30,32-35,40,43,49,52,63H,4-6,8,11,13-15,17,20,22-24,26,29,31,36-39,41-42,44-48,50-51,53-62H2,1-3H3/b10-7-,12-9-,19-16-,21-18-,28-25-,30-27-,34-32-,35-33-,43-40-,52-49-. The van der Waals surface area contributed by atoms with Gasteiger partial charge in [-0.05, 0) is 116 Å². The highest BCUT2D eigenvalue weighted by Crippen LogP contribution is 2.14. The fraction of sp³-hybridized carbons (Fsp3) is 0.652. The number of carbonyl (C=O) groups excluding carboxylic acids is 3. The number of hydrogen-bond donors (Lipinski definition) is 0. The first-order valence-electron chi connectivity index (χ1n) is 29.5. The Labute approximate surface area is 443 Å². The Bertz CT molecular complexity index is 1520. The normalized spacial score (nSPS) is 13.0. The molecule has 1 unspecified atom stereocenters. The maximum atomic E-state index is 12.9. The number of rotatable bonds is 52. The molecule has 0 aliphatic carbocycles. The molecule has 0 aliphatic heterocycles. The molecule has 0 rings (SSSR count). The van der Waals surface area contributed by atoms with Crippen molar-refractivity contribution in [1.29, 1.82) is 0 Å². The van der Waals surface area contributed by atoms with E-state index in [9.17, 15) is 14.4 Å². The first-order chi connectivity index (χ1) is 35.5. The van der Waals surface area contributed by atoms with Gasteiger partial charge in [0.25, 0.3) is 0 Å². The van der Waals surface area contributed by atoms with E-state index in [1.807, 2.05) is 6.08 Å². The highest BCUT2D eigenvalue weighted by molar-refractivity contribution is 5.71. The molecule has 0 bridgehead atoms. The van der Waals surface area contributed by atoms with Crippen molar-refractivity contribution >= 4 is 17.9 Å². The van der Waals surface area contributed by atoms with Gasteiger partial charge in [-0.2, -0.15) is 0 Å². The molecular weight excluding hydrogens is 889 g/mol. The van der Waals surface area contributed by atoms with Gasteiger partial charge >= 0.3 is 17.9 Å². The van der Waals surface area contributed by atoms with Crippen molar-refractivity contribution in [3.05, 3.63) is 122 Å². The second-order valence-electron chi connectivity index (χ2n) is 19.1. The van der Waals surface area contributed by atoms with Crippen LogP contribution in [-0.4, -0.2) is 37.2 Å². The third kappa shape index (κ3) is 56.7. The van der Waals surface area contributed by atoms with Crippen LogP contribution >= 0.6 is 0 Å². The molecule has 0 fully saturated rings. The molecule has 0 N–H and O–H groups in total. The van der Waals surface area contributed by atoms with Crippen molar-refractivity contribution in [2.45, 2.75) is 264 Å². The minimum absolute atomic E-state index is 0.113. The van der Waals surface area contributed by atoms with Crippen LogP contribution in [0.3, 0.4) is 0 Å². The zero-order chi connectivity index (χ0) is 52.2. The number of hydrogen-bond acceptors (Lipinski definition) is 6. The summed E-state index contributed by atoms with van der Waals surface area (Å²) in [7, 11) is 0. The molecule has 0 aromatic rings. The monoisotopic (exact) mass is 997 g/mol. The predicted molar refractivity (Wildman–Crippen MR) is 311 cm³/mol. The SMILES string of the molecule is CC/C=C\C/C=C\C/C=C\C/C=C\C/C=C\CCC(=O)OCC(COC(=O)CCCCCCCC/C=C\C/C=C\C/C=C\C/C=C\CC)OC(=O)CCCCCCCCC/C=C\CCCCCCCCCC. The van der Waals surface area contributed by atoms with Gasteiger partial charge in [0.1, 0.15) is 13.2 Å². The fourth-order valence-electron chi connectivity index (χ4n) is 7.83. The zero-order valence-electron chi connectivity index (χ0n) is 46.7. The second kappa shape index (κ2) is 59.4. The van der Waals surface area contributed by atoms with Crippen LogP contribution in [0, 0.1) is 0 Å². The van der Waals surface area contributed by atoms with E-state index in [4.69, 9.17) is 14.2 Å². The van der Waals surface area contributed by atoms with Gasteiger partial charge in [-0.1, -0.05) is 245 Å². The van der Waals surface area contributed by atoms with Crippen molar-refractivity contribution in [2.75, 3.05) is 13.2 Å². The van der Waals surface area contributed by atoms with Gasteiger partial charge in [0.2, 0.25) is 0 Å². The van der Waals surface area contributed by atoms with E-state index in [-0.39, 0.29) is 37.5 Å². The summed E-state index contributed by atoms with van der Waals surface area (Å²) in [6.07, 6.45) is 82.0. The first kappa shape index (κ1) is 67.8. The lowest BCUT2D eigenvalue weighted by atomic mass is 10.1. The van der Waals surface area contributed by atoms with E-state index in [0.29, 0.717) is 19.3 Å². The molecule has 72 heavy (non-hydrogen) atoms. The van der Waals surface area contributed by atoms with Crippen LogP contribution in [0.15, 0.2) is 122 Å². The highest BCUT2D eigenvalue weighted by atomic mass is 16.6. The van der Waals surface area contributed by atoms with Crippen molar-refractivity contribution in [1.82, 2.24) is 0 Å². The van der Waals surface area contributed by atoms with E-state index in [2.05, 4.69) is 136 Å². The second-order valence-corrected chi connectivity index (χ2v) is 19.1. The molecule has 0 aromatic carbocycles. The highest BCUT2D eigenvalue weighted by Gasteiger charge is 2.19. The van der Waals surface area contributed by atoms with Gasteiger partial charge in [-0.25, -0.2) is 0 Å². The van der Waals surface area contributed by atoms with Crippen LogP contribution < -0.4 is 0 Å². The van der Waals surface area contributed by atoms with Crippen LogP contribution in [0.5, 0.6) is 0 Å². The average molecular weight is 998 g/mol. The lowest BCUT2D eigenvalue weighted by Crippen LogP contribution is -2.30. The first-order valence-corrected chi connectivity index (χ1v) is 29.5. The van der Waals surface area contributed by atoms with E-state index >= 15 is 0 Å². The molecule has 1 atom stereocenters. The molecule has 0 radical (unpaired) electrons. The van der Waals surface area contributed by atoms with E-state index in [1.165, 1.54) is 103 Å². The Hall–Kier alpha value is -4.19. The number of esters is 3. The van der Waals surface area contributed by atoms with Crippen molar-refractivity contribution in [3.63, 3.8) is 0 Å². The molecule has 0 spiro atoms. The van der Waals surface area contributed by atoms with Crippen LogP contribution in [-0.2, 0) is 28.6 Å². The van der Waals surface area contributed by atoms with E-state index in [0.717, 1.165) is 109 Å². The molecule has 6 nitrogen and oxygen atoms in total. The Morgan fingerprint density at radius 3 is 0.944 bits per heavy atom. The fourth-order valence-corrected chi connectivity index (χ4v) is 7.83. The van der Waals surface area contributed by atoms with Gasteiger partial charge in [0.05, 0.1) is 0 Å².